The van der Waals surface area contributed by atoms with Crippen LogP contribution in [0.2, 0.25) is 0 Å². The van der Waals surface area contributed by atoms with Crippen molar-refractivity contribution in [2.24, 2.45) is 4.99 Å². The van der Waals surface area contributed by atoms with Crippen molar-refractivity contribution >= 4 is 11.7 Å². The highest BCUT2D eigenvalue weighted by Crippen LogP contribution is 2.04. The molecule has 1 N–H and O–H groups in total. The van der Waals surface area contributed by atoms with E-state index in [1.165, 1.54) is 0 Å². The van der Waals surface area contributed by atoms with Crippen molar-refractivity contribution < 1.29 is 4.79 Å². The van der Waals surface area contributed by atoms with Gasteiger partial charge in [-0.25, -0.2) is 0 Å². The van der Waals surface area contributed by atoms with Crippen molar-refractivity contribution in [1.29, 1.82) is 0 Å². The smallest absolute Gasteiger partial charge is 0.251 e. The minimum atomic E-state index is -0.114. The number of hydrogen-bond donors (Lipinski definition) is 1. The third-order valence-corrected chi connectivity index (χ3v) is 1.78. The molecule has 0 spiro atoms. The van der Waals surface area contributed by atoms with Crippen LogP contribution < -0.4 is 5.32 Å². The summed E-state index contributed by atoms with van der Waals surface area (Å²) >= 11 is 0. The van der Waals surface area contributed by atoms with Crippen LogP contribution in [-0.4, -0.2) is 18.8 Å². The summed E-state index contributed by atoms with van der Waals surface area (Å²) in [6, 6.07) is 0. The normalized spacial score (nSPS) is 11.2. The van der Waals surface area contributed by atoms with Gasteiger partial charge in [-0.3, -0.25) is 9.79 Å². The molecule has 13 heavy (non-hydrogen) atoms. The van der Waals surface area contributed by atoms with Crippen LogP contribution >= 0.6 is 0 Å². The summed E-state index contributed by atoms with van der Waals surface area (Å²) in [5, 5.41) is 2.65. The molecule has 0 aromatic heterocycles. The largest absolute Gasteiger partial charge is 0.311 e. The van der Waals surface area contributed by atoms with E-state index < -0.39 is 0 Å². The molecule has 0 heterocycles. The first-order valence-corrected chi connectivity index (χ1v) is 4.54. The number of nitrogens with one attached hydrogen (secondary N) is 1. The minimum absolute atomic E-state index is 0.114. The zero-order valence-electron chi connectivity index (χ0n) is 8.68. The lowest BCUT2D eigenvalue weighted by Crippen LogP contribution is -2.29. The van der Waals surface area contributed by atoms with Crippen molar-refractivity contribution in [3.8, 4) is 0 Å². The lowest BCUT2D eigenvalue weighted by atomic mass is 10.1. The van der Waals surface area contributed by atoms with Crippen molar-refractivity contribution in [3.05, 3.63) is 12.2 Å². The summed E-state index contributed by atoms with van der Waals surface area (Å²) in [5.41, 5.74) is 0.629. The van der Waals surface area contributed by atoms with E-state index in [2.05, 4.69) is 23.8 Å². The Kier molecular flexibility index (Phi) is 5.85. The second-order valence-electron chi connectivity index (χ2n) is 2.97. The van der Waals surface area contributed by atoms with Gasteiger partial charge in [0, 0.05) is 12.6 Å². The maximum absolute atomic E-state index is 11.3. The van der Waals surface area contributed by atoms with Gasteiger partial charge in [0.05, 0.1) is 5.84 Å². The zero-order chi connectivity index (χ0) is 10.3. The van der Waals surface area contributed by atoms with E-state index in [9.17, 15) is 4.79 Å². The Hall–Kier alpha value is -1.12. The standard InChI is InChI=1S/C10H18N2O/c1-5-6-7-8(2)10(13)12-9(3)11-4/h2,5-7H2,1,3-4H3,(H,11,12,13). The topological polar surface area (TPSA) is 41.5 Å². The second kappa shape index (κ2) is 6.40. The molecule has 74 valence electrons. The van der Waals surface area contributed by atoms with Gasteiger partial charge in [0.25, 0.3) is 5.91 Å². The zero-order valence-corrected chi connectivity index (χ0v) is 8.68. The SMILES string of the molecule is C=C(CCCC)C(=O)NC(C)=NC. The monoisotopic (exact) mass is 182 g/mol. The van der Waals surface area contributed by atoms with E-state index in [1.807, 2.05) is 0 Å². The first-order valence-electron chi connectivity index (χ1n) is 4.54. The number of hydrogen-bond acceptors (Lipinski definition) is 2. The Morgan fingerprint density at radius 2 is 2.15 bits per heavy atom. The van der Waals surface area contributed by atoms with E-state index in [1.54, 1.807) is 14.0 Å². The molecule has 0 aromatic rings. The molecule has 0 saturated carbocycles. The van der Waals surface area contributed by atoms with E-state index in [-0.39, 0.29) is 5.91 Å². The molecule has 0 aliphatic rings. The fraction of sp³-hybridized carbons (Fsp3) is 0.600. The van der Waals surface area contributed by atoms with Crippen LogP contribution in [0.4, 0.5) is 0 Å². The lowest BCUT2D eigenvalue weighted by Gasteiger charge is -2.05. The van der Waals surface area contributed by atoms with E-state index in [0.29, 0.717) is 11.4 Å². The summed E-state index contributed by atoms with van der Waals surface area (Å²) < 4.78 is 0. The molecule has 3 heteroatoms. The molecule has 0 aliphatic carbocycles. The van der Waals surface area contributed by atoms with Gasteiger partial charge < -0.3 is 5.32 Å². The minimum Gasteiger partial charge on any atom is -0.311 e. The maximum atomic E-state index is 11.3. The van der Waals surface area contributed by atoms with Gasteiger partial charge in [-0.15, -0.1) is 0 Å². The fourth-order valence-corrected chi connectivity index (χ4v) is 0.812. The third kappa shape index (κ3) is 5.17. The molecular formula is C10H18N2O. The number of aliphatic imine (C=N–C) groups is 1. The summed E-state index contributed by atoms with van der Waals surface area (Å²) in [4.78, 5) is 15.2. The van der Waals surface area contributed by atoms with Crippen LogP contribution in [-0.2, 0) is 4.79 Å². The summed E-state index contributed by atoms with van der Waals surface area (Å²) in [6.45, 7) is 7.55. The van der Waals surface area contributed by atoms with Gasteiger partial charge in [-0.05, 0) is 19.8 Å². The molecule has 0 unspecified atom stereocenters. The predicted molar refractivity (Wildman–Crippen MR) is 55.8 cm³/mol. The summed E-state index contributed by atoms with van der Waals surface area (Å²) in [7, 11) is 1.64. The summed E-state index contributed by atoms with van der Waals surface area (Å²) in [5.74, 6) is 0.513. The van der Waals surface area contributed by atoms with Crippen molar-refractivity contribution in [2.75, 3.05) is 7.05 Å². The predicted octanol–water partition coefficient (Wildman–Crippen LogP) is 1.90. The van der Waals surface area contributed by atoms with Gasteiger partial charge >= 0.3 is 0 Å². The number of unbranched alkanes of at least 4 members (excludes halogenated alkanes) is 1. The van der Waals surface area contributed by atoms with E-state index in [4.69, 9.17) is 0 Å². The number of amides is 1. The van der Waals surface area contributed by atoms with Crippen LogP contribution in [0.5, 0.6) is 0 Å². The Morgan fingerprint density at radius 3 is 2.62 bits per heavy atom. The van der Waals surface area contributed by atoms with Gasteiger partial charge in [0.2, 0.25) is 0 Å². The van der Waals surface area contributed by atoms with Crippen LogP contribution in [0.1, 0.15) is 33.1 Å². The van der Waals surface area contributed by atoms with Crippen molar-refractivity contribution in [2.45, 2.75) is 33.1 Å². The molecular weight excluding hydrogens is 164 g/mol. The Bertz CT molecular complexity index is 219. The summed E-state index contributed by atoms with van der Waals surface area (Å²) in [6.07, 6.45) is 2.85. The second-order valence-corrected chi connectivity index (χ2v) is 2.97. The quantitative estimate of drug-likeness (QED) is 0.402. The highest BCUT2D eigenvalue weighted by Gasteiger charge is 2.05. The van der Waals surface area contributed by atoms with Gasteiger partial charge in [-0.1, -0.05) is 19.9 Å². The van der Waals surface area contributed by atoms with Crippen LogP contribution in [0, 0.1) is 0 Å². The average Bonchev–Trinajstić information content (AvgIpc) is 2.13. The van der Waals surface area contributed by atoms with Gasteiger partial charge in [0.15, 0.2) is 0 Å². The van der Waals surface area contributed by atoms with Crippen LogP contribution in [0.3, 0.4) is 0 Å². The van der Waals surface area contributed by atoms with Crippen molar-refractivity contribution in [3.63, 3.8) is 0 Å². The van der Waals surface area contributed by atoms with E-state index >= 15 is 0 Å². The third-order valence-electron chi connectivity index (χ3n) is 1.78. The van der Waals surface area contributed by atoms with Gasteiger partial charge in [-0.2, -0.15) is 0 Å². The number of carbonyl (C=O) groups excluding carboxylic acids is 1. The van der Waals surface area contributed by atoms with Crippen LogP contribution in [0.25, 0.3) is 0 Å². The molecule has 0 rings (SSSR count). The van der Waals surface area contributed by atoms with Crippen LogP contribution in [0.15, 0.2) is 17.1 Å². The fourth-order valence-electron chi connectivity index (χ4n) is 0.812. The number of carbonyl (C=O) groups is 1. The molecule has 0 radical (unpaired) electrons. The highest BCUT2D eigenvalue weighted by molar-refractivity contribution is 6.04. The maximum Gasteiger partial charge on any atom is 0.251 e. The first kappa shape index (κ1) is 11.9. The number of nitrogens with zero attached hydrogens (tertiary/aromatic N) is 1. The Labute approximate surface area is 79.9 Å². The van der Waals surface area contributed by atoms with Crippen molar-refractivity contribution in [1.82, 2.24) is 5.32 Å². The Balaban J connectivity index is 3.90. The van der Waals surface area contributed by atoms with Gasteiger partial charge in [0.1, 0.15) is 0 Å². The molecule has 0 fully saturated rings. The highest BCUT2D eigenvalue weighted by atomic mass is 16.1. The van der Waals surface area contributed by atoms with E-state index in [0.717, 1.165) is 19.3 Å². The molecule has 0 atom stereocenters. The molecule has 0 bridgehead atoms. The lowest BCUT2D eigenvalue weighted by molar-refractivity contribution is -0.116. The average molecular weight is 182 g/mol. The number of rotatable bonds is 4. The Morgan fingerprint density at radius 1 is 1.54 bits per heavy atom. The molecule has 0 aliphatic heterocycles. The molecule has 3 nitrogen and oxygen atoms in total. The first-order chi connectivity index (χ1) is 6.11. The molecule has 0 aromatic carbocycles. The molecule has 0 saturated heterocycles. The molecule has 1 amide bonds. The number of amidine groups is 1.